The van der Waals surface area contributed by atoms with E-state index in [0.717, 1.165) is 18.4 Å². The van der Waals surface area contributed by atoms with Gasteiger partial charge in [0.1, 0.15) is 0 Å². The lowest BCUT2D eigenvalue weighted by Gasteiger charge is -2.01. The number of aromatic carboxylic acids is 1. The van der Waals surface area contributed by atoms with E-state index in [1.165, 1.54) is 12.1 Å². The lowest BCUT2D eigenvalue weighted by Crippen LogP contribution is -2.55. The van der Waals surface area contributed by atoms with Crippen LogP contribution in [0.2, 0.25) is 0 Å². The fourth-order valence-corrected chi connectivity index (χ4v) is 1.30. The molecule has 0 aliphatic carbocycles. The molecule has 0 spiro atoms. The van der Waals surface area contributed by atoms with Gasteiger partial charge in [0.2, 0.25) is 0 Å². The molecule has 4 heteroatoms. The minimum atomic E-state index is -0.996. The van der Waals surface area contributed by atoms with Gasteiger partial charge in [0.25, 0.3) is 0 Å². The zero-order valence-electron chi connectivity index (χ0n) is 7.95. The smallest absolute Gasteiger partial charge is 0.335 e. The Balaban J connectivity index is 3.11. The van der Waals surface area contributed by atoms with Gasteiger partial charge in [0, 0.05) is 11.6 Å². The van der Waals surface area contributed by atoms with Crippen molar-refractivity contribution in [2.24, 2.45) is 0 Å². The molecule has 0 saturated carbocycles. The molecule has 0 saturated heterocycles. The van der Waals surface area contributed by atoms with E-state index in [9.17, 15) is 4.79 Å². The first kappa shape index (κ1) is 10.4. The van der Waals surface area contributed by atoms with E-state index in [1.807, 2.05) is 12.0 Å². The van der Waals surface area contributed by atoms with E-state index >= 15 is 0 Å². The van der Waals surface area contributed by atoms with E-state index < -0.39 is 5.97 Å². The fourth-order valence-electron chi connectivity index (χ4n) is 1.30. The molecule has 0 aromatic heterocycles. The number of carboxylic acid groups (broad SMARTS) is 1. The minimum absolute atomic E-state index is 0.168. The van der Waals surface area contributed by atoms with Gasteiger partial charge in [-0.2, -0.15) is 0 Å². The van der Waals surface area contributed by atoms with Crippen LogP contribution in [0, 0.1) is 0 Å². The molecule has 0 bridgehead atoms. The van der Waals surface area contributed by atoms with Gasteiger partial charge < -0.3 is 10.6 Å². The molecule has 0 radical (unpaired) electrons. The van der Waals surface area contributed by atoms with Crippen LogP contribution in [0.3, 0.4) is 0 Å². The average Bonchev–Trinajstić information content (AvgIpc) is 2.18. The maximum absolute atomic E-state index is 10.6. The molecule has 14 heavy (non-hydrogen) atoms. The highest BCUT2D eigenvalue weighted by atomic mass is 16.4. The summed E-state index contributed by atoms with van der Waals surface area (Å²) in [4.78, 5) is 10.6. The molecule has 1 aromatic rings. The second-order valence-electron chi connectivity index (χ2n) is 3.04. The predicted molar refractivity (Wildman–Crippen MR) is 51.4 cm³/mol. The number of benzene rings is 1. The van der Waals surface area contributed by atoms with Gasteiger partial charge >= 0.3 is 5.97 Å². The highest BCUT2D eigenvalue weighted by molar-refractivity contribution is 5.88. The van der Waals surface area contributed by atoms with Crippen molar-refractivity contribution >= 4 is 11.7 Å². The first-order valence-electron chi connectivity index (χ1n) is 4.45. The molecule has 0 aliphatic rings. The molecule has 0 heterocycles. The molecular formula is C10H12N2O2. The van der Waals surface area contributed by atoms with Gasteiger partial charge in [0.15, 0.2) is 5.69 Å². The lowest BCUT2D eigenvalue weighted by molar-refractivity contribution is -0.380. The summed E-state index contributed by atoms with van der Waals surface area (Å²) in [5, 5.41) is 10.7. The maximum Gasteiger partial charge on any atom is 0.335 e. The van der Waals surface area contributed by atoms with Crippen molar-refractivity contribution in [2.45, 2.75) is 19.8 Å². The highest BCUT2D eigenvalue weighted by Crippen LogP contribution is 2.14. The van der Waals surface area contributed by atoms with Crippen molar-refractivity contribution in [3.8, 4) is 0 Å². The maximum atomic E-state index is 10.6. The number of carbonyl (C=O) groups is 1. The van der Waals surface area contributed by atoms with E-state index in [4.69, 9.17) is 10.6 Å². The molecule has 0 aliphatic heterocycles. The molecule has 4 nitrogen and oxygen atoms in total. The molecule has 0 atom stereocenters. The first-order chi connectivity index (χ1) is 6.69. The van der Waals surface area contributed by atoms with Crippen LogP contribution in [0.5, 0.6) is 0 Å². The molecule has 2 N–H and O–H groups in total. The van der Waals surface area contributed by atoms with E-state index in [1.54, 1.807) is 6.07 Å². The summed E-state index contributed by atoms with van der Waals surface area (Å²) in [6.45, 7) is 2.02. The Hall–Kier alpha value is -1.71. The van der Waals surface area contributed by atoms with Gasteiger partial charge in [0.05, 0.1) is 5.56 Å². The van der Waals surface area contributed by atoms with Crippen molar-refractivity contribution in [2.75, 3.05) is 0 Å². The predicted octanol–water partition coefficient (Wildman–Crippen LogP) is 1.07. The topological polar surface area (TPSA) is 73.6 Å². The van der Waals surface area contributed by atoms with Crippen LogP contribution in [0.1, 0.15) is 29.3 Å². The quantitative estimate of drug-likeness (QED) is 0.700. The SMILES string of the molecule is CCCc1ccc(C(=O)O)cc1[NH+]=[N-]. The van der Waals surface area contributed by atoms with Crippen molar-refractivity contribution in [3.05, 3.63) is 34.9 Å². The molecule has 0 fully saturated rings. The van der Waals surface area contributed by atoms with Crippen LogP contribution < -0.4 is 5.11 Å². The highest BCUT2D eigenvalue weighted by Gasteiger charge is 2.09. The first-order valence-corrected chi connectivity index (χ1v) is 4.45. The summed E-state index contributed by atoms with van der Waals surface area (Å²) in [7, 11) is 0. The number of nitrogens with one attached hydrogen (secondary N) is 1. The van der Waals surface area contributed by atoms with Gasteiger partial charge in [-0.3, -0.25) is 5.11 Å². The Morgan fingerprint density at radius 3 is 2.79 bits per heavy atom. The third-order valence-electron chi connectivity index (χ3n) is 2.00. The Morgan fingerprint density at radius 1 is 1.57 bits per heavy atom. The molecule has 74 valence electrons. The third kappa shape index (κ3) is 2.16. The van der Waals surface area contributed by atoms with Crippen LogP contribution >= 0.6 is 0 Å². The van der Waals surface area contributed by atoms with E-state index in [-0.39, 0.29) is 5.56 Å². The Bertz CT molecular complexity index is 361. The Labute approximate surface area is 82.1 Å². The molecule has 0 amide bonds. The fraction of sp³-hybridized carbons (Fsp3) is 0.300. The van der Waals surface area contributed by atoms with Crippen molar-refractivity contribution in [3.63, 3.8) is 0 Å². The molecule has 0 unspecified atom stereocenters. The average molecular weight is 192 g/mol. The number of hydrogen-bond acceptors (Lipinski definition) is 1. The van der Waals surface area contributed by atoms with Crippen LogP contribution in [-0.4, -0.2) is 11.1 Å². The van der Waals surface area contributed by atoms with Crippen LogP contribution in [0.25, 0.3) is 5.53 Å². The Morgan fingerprint density at radius 2 is 2.29 bits per heavy atom. The molecule has 1 rings (SSSR count). The molecular weight excluding hydrogens is 180 g/mol. The molecule has 1 aromatic carbocycles. The van der Waals surface area contributed by atoms with Gasteiger partial charge in [-0.1, -0.05) is 19.4 Å². The van der Waals surface area contributed by atoms with Gasteiger partial charge in [-0.25, -0.2) is 4.79 Å². The standard InChI is InChI=1S/C10H12N2O2/c1-2-3-7-4-5-8(10(13)14)6-9(7)12-11/h4-6,12H,2-3H2,1H3,(H,13,14). The van der Waals surface area contributed by atoms with Crippen LogP contribution in [0.15, 0.2) is 18.2 Å². The second kappa shape index (κ2) is 4.50. The number of carboxylic acids is 1. The van der Waals surface area contributed by atoms with Crippen molar-refractivity contribution in [1.29, 1.82) is 0 Å². The summed E-state index contributed by atoms with van der Waals surface area (Å²) in [6, 6.07) is 4.67. The van der Waals surface area contributed by atoms with Crippen molar-refractivity contribution in [1.82, 2.24) is 0 Å². The van der Waals surface area contributed by atoms with Crippen LogP contribution in [-0.2, 0) is 6.42 Å². The number of nitrogens with zero attached hydrogens (tertiary/aromatic N) is 1. The monoisotopic (exact) mass is 192 g/mol. The minimum Gasteiger partial charge on any atom is -0.502 e. The Kier molecular flexibility index (Phi) is 3.34. The zero-order valence-corrected chi connectivity index (χ0v) is 7.95. The number of rotatable bonds is 4. The normalized spacial score (nSPS) is 9.79. The number of hydrogen-bond donors (Lipinski definition) is 2. The zero-order chi connectivity index (χ0) is 10.6. The van der Waals surface area contributed by atoms with Gasteiger partial charge in [-0.05, 0) is 12.5 Å². The summed E-state index contributed by atoms with van der Waals surface area (Å²) in [5.74, 6) is -0.996. The summed E-state index contributed by atoms with van der Waals surface area (Å²) >= 11 is 0. The number of aryl methyl sites for hydroxylation is 1. The van der Waals surface area contributed by atoms with Gasteiger partial charge in [-0.15, -0.1) is 0 Å². The van der Waals surface area contributed by atoms with E-state index in [2.05, 4.69) is 0 Å². The summed E-state index contributed by atoms with van der Waals surface area (Å²) < 4.78 is 0. The van der Waals surface area contributed by atoms with Crippen molar-refractivity contribution < 1.29 is 15.0 Å². The van der Waals surface area contributed by atoms with E-state index in [0.29, 0.717) is 5.69 Å². The lowest BCUT2D eigenvalue weighted by atomic mass is 10.1. The third-order valence-corrected chi connectivity index (χ3v) is 2.00. The van der Waals surface area contributed by atoms with Crippen LogP contribution in [0.4, 0.5) is 5.69 Å². The second-order valence-corrected chi connectivity index (χ2v) is 3.04. The summed E-state index contributed by atoms with van der Waals surface area (Å²) in [6.07, 6.45) is 1.75. The largest absolute Gasteiger partial charge is 0.502 e. The summed E-state index contributed by atoms with van der Waals surface area (Å²) in [5.41, 5.74) is 10.4.